The van der Waals surface area contributed by atoms with Gasteiger partial charge in [0.15, 0.2) is 0 Å². The van der Waals surface area contributed by atoms with E-state index < -0.39 is 0 Å². The average molecular weight is 262 g/mol. The van der Waals surface area contributed by atoms with Crippen molar-refractivity contribution in [1.29, 1.82) is 0 Å². The number of hydrogen-bond donors (Lipinski definition) is 0. The Morgan fingerprint density at radius 1 is 1.37 bits per heavy atom. The van der Waals surface area contributed by atoms with E-state index in [1.165, 1.54) is 16.0 Å². The van der Waals surface area contributed by atoms with Crippen molar-refractivity contribution in [3.05, 3.63) is 35.4 Å². The second kappa shape index (κ2) is 6.06. The summed E-state index contributed by atoms with van der Waals surface area (Å²) in [6, 6.07) is 8.79. The lowest BCUT2D eigenvalue weighted by atomic mass is 9.94. The van der Waals surface area contributed by atoms with Gasteiger partial charge in [0.2, 0.25) is 0 Å². The van der Waals surface area contributed by atoms with Crippen LogP contribution in [0, 0.1) is 0 Å². The number of nitrogens with zero attached hydrogens (tertiary/aromatic N) is 2. The molecule has 1 amide bonds. The van der Waals surface area contributed by atoms with Gasteiger partial charge in [-0.25, -0.2) is 4.79 Å². The van der Waals surface area contributed by atoms with Crippen molar-refractivity contribution in [3.8, 4) is 0 Å². The minimum atomic E-state index is -0.269. The van der Waals surface area contributed by atoms with Crippen LogP contribution >= 0.6 is 0 Å². The van der Waals surface area contributed by atoms with E-state index in [1.54, 1.807) is 14.1 Å². The van der Waals surface area contributed by atoms with E-state index in [0.717, 1.165) is 19.5 Å². The third-order valence-electron chi connectivity index (χ3n) is 3.63. The number of amides is 1. The van der Waals surface area contributed by atoms with E-state index in [1.807, 2.05) is 0 Å². The first kappa shape index (κ1) is 13.9. The number of ether oxygens (including phenoxy) is 1. The molecule has 0 radical (unpaired) electrons. The molecule has 4 heteroatoms. The molecule has 1 atom stereocenters. The summed E-state index contributed by atoms with van der Waals surface area (Å²) in [4.78, 5) is 15.3. The van der Waals surface area contributed by atoms with Crippen LogP contribution in [0.4, 0.5) is 4.79 Å². The Bertz CT molecular complexity index is 446. The maximum atomic E-state index is 11.5. The molecule has 0 saturated carbocycles. The summed E-state index contributed by atoms with van der Waals surface area (Å²) in [7, 11) is 3.41. The predicted octanol–water partition coefficient (Wildman–Crippen LogP) is 2.13. The summed E-state index contributed by atoms with van der Waals surface area (Å²) in [6.07, 6.45) is 0.681. The van der Waals surface area contributed by atoms with E-state index in [9.17, 15) is 4.79 Å². The molecule has 0 saturated heterocycles. The Morgan fingerprint density at radius 3 is 2.68 bits per heavy atom. The Morgan fingerprint density at radius 2 is 2.05 bits per heavy atom. The van der Waals surface area contributed by atoms with Gasteiger partial charge in [0, 0.05) is 26.7 Å². The van der Waals surface area contributed by atoms with E-state index in [2.05, 4.69) is 36.1 Å². The van der Waals surface area contributed by atoms with Crippen LogP contribution in [0.25, 0.3) is 0 Å². The molecule has 0 N–H and O–H groups in total. The van der Waals surface area contributed by atoms with Gasteiger partial charge in [0.1, 0.15) is 6.61 Å². The molecule has 0 bridgehead atoms. The van der Waals surface area contributed by atoms with Crippen LogP contribution in [0.1, 0.15) is 18.1 Å². The highest BCUT2D eigenvalue weighted by Crippen LogP contribution is 2.23. The second-order valence-electron chi connectivity index (χ2n) is 5.16. The fraction of sp³-hybridized carbons (Fsp3) is 0.533. The molecule has 1 aromatic rings. The molecular formula is C15H22N2O2. The van der Waals surface area contributed by atoms with Gasteiger partial charge in [-0.15, -0.1) is 0 Å². The zero-order valence-corrected chi connectivity index (χ0v) is 11.9. The number of hydrogen-bond acceptors (Lipinski definition) is 3. The minimum Gasteiger partial charge on any atom is -0.448 e. The first-order valence-corrected chi connectivity index (χ1v) is 6.76. The molecule has 0 unspecified atom stereocenters. The molecule has 1 aliphatic rings. The maximum absolute atomic E-state index is 11.5. The second-order valence-corrected chi connectivity index (χ2v) is 5.16. The van der Waals surface area contributed by atoms with Gasteiger partial charge >= 0.3 is 6.09 Å². The van der Waals surface area contributed by atoms with Crippen LogP contribution in [-0.2, 0) is 17.7 Å². The van der Waals surface area contributed by atoms with Crippen molar-refractivity contribution in [2.45, 2.75) is 25.9 Å². The number of likely N-dealkylation sites (N-methyl/N-ethyl adjacent to an activating group) is 1. The van der Waals surface area contributed by atoms with Gasteiger partial charge in [-0.05, 0) is 24.1 Å². The van der Waals surface area contributed by atoms with Crippen molar-refractivity contribution < 1.29 is 9.53 Å². The lowest BCUT2D eigenvalue weighted by Crippen LogP contribution is -2.44. The molecule has 1 aliphatic heterocycles. The highest BCUT2D eigenvalue weighted by atomic mass is 16.6. The molecule has 0 fully saturated rings. The summed E-state index contributed by atoms with van der Waals surface area (Å²) < 4.78 is 5.34. The topological polar surface area (TPSA) is 32.8 Å². The third kappa shape index (κ3) is 3.26. The first-order valence-electron chi connectivity index (χ1n) is 6.76. The molecule has 1 aromatic carbocycles. The lowest BCUT2D eigenvalue weighted by Gasteiger charge is -2.35. The first-order chi connectivity index (χ1) is 9.11. The molecule has 19 heavy (non-hydrogen) atoms. The van der Waals surface area contributed by atoms with Gasteiger partial charge in [0.25, 0.3) is 0 Å². The van der Waals surface area contributed by atoms with Crippen LogP contribution in [0.2, 0.25) is 0 Å². The Kier molecular flexibility index (Phi) is 4.43. The predicted molar refractivity (Wildman–Crippen MR) is 75.1 cm³/mol. The SMILES string of the molecule is CCN1Cc2ccccc2C[C@H]1COC(=O)N(C)C. The number of carbonyl (C=O) groups excluding carboxylic acids is 1. The number of fused-ring (bicyclic) bond motifs is 1. The molecule has 4 nitrogen and oxygen atoms in total. The summed E-state index contributed by atoms with van der Waals surface area (Å²) in [5.41, 5.74) is 2.76. The Labute approximate surface area is 115 Å². The summed E-state index contributed by atoms with van der Waals surface area (Å²) in [6.45, 7) is 4.52. The molecular weight excluding hydrogens is 240 g/mol. The summed E-state index contributed by atoms with van der Waals surface area (Å²) in [5, 5.41) is 0. The number of rotatable bonds is 3. The highest BCUT2D eigenvalue weighted by Gasteiger charge is 2.26. The normalized spacial score (nSPS) is 18.8. The van der Waals surface area contributed by atoms with E-state index in [0.29, 0.717) is 6.61 Å². The van der Waals surface area contributed by atoms with Crippen LogP contribution in [0.15, 0.2) is 24.3 Å². The maximum Gasteiger partial charge on any atom is 0.409 e. The fourth-order valence-electron chi connectivity index (χ4n) is 2.47. The molecule has 0 aromatic heterocycles. The fourth-order valence-corrected chi connectivity index (χ4v) is 2.47. The van der Waals surface area contributed by atoms with Gasteiger partial charge in [-0.3, -0.25) is 4.90 Å². The van der Waals surface area contributed by atoms with Crippen LogP contribution in [0.5, 0.6) is 0 Å². The van der Waals surface area contributed by atoms with Crippen molar-refractivity contribution in [3.63, 3.8) is 0 Å². The zero-order valence-electron chi connectivity index (χ0n) is 11.9. The highest BCUT2D eigenvalue weighted by molar-refractivity contribution is 5.66. The minimum absolute atomic E-state index is 0.269. The van der Waals surface area contributed by atoms with Crippen molar-refractivity contribution in [2.24, 2.45) is 0 Å². The monoisotopic (exact) mass is 262 g/mol. The van der Waals surface area contributed by atoms with E-state index in [-0.39, 0.29) is 12.1 Å². The molecule has 104 valence electrons. The van der Waals surface area contributed by atoms with Crippen LogP contribution < -0.4 is 0 Å². The van der Waals surface area contributed by atoms with Gasteiger partial charge in [0.05, 0.1) is 0 Å². The average Bonchev–Trinajstić information content (AvgIpc) is 2.43. The zero-order chi connectivity index (χ0) is 13.8. The lowest BCUT2D eigenvalue weighted by molar-refractivity contribution is 0.0676. The van der Waals surface area contributed by atoms with Gasteiger partial charge in [-0.1, -0.05) is 31.2 Å². The third-order valence-corrected chi connectivity index (χ3v) is 3.63. The van der Waals surface area contributed by atoms with E-state index >= 15 is 0 Å². The van der Waals surface area contributed by atoms with Crippen molar-refractivity contribution in [2.75, 3.05) is 27.2 Å². The number of carbonyl (C=O) groups is 1. The number of benzene rings is 1. The summed E-state index contributed by atoms with van der Waals surface area (Å²) >= 11 is 0. The van der Waals surface area contributed by atoms with Gasteiger partial charge < -0.3 is 9.64 Å². The quantitative estimate of drug-likeness (QED) is 0.836. The van der Waals surface area contributed by atoms with E-state index in [4.69, 9.17) is 4.74 Å². The summed E-state index contributed by atoms with van der Waals surface area (Å²) in [5.74, 6) is 0. The Hall–Kier alpha value is -1.55. The molecule has 0 aliphatic carbocycles. The van der Waals surface area contributed by atoms with Gasteiger partial charge in [-0.2, -0.15) is 0 Å². The van der Waals surface area contributed by atoms with Crippen LogP contribution in [0.3, 0.4) is 0 Å². The molecule has 1 heterocycles. The largest absolute Gasteiger partial charge is 0.448 e. The standard InChI is InChI=1S/C15H22N2O2/c1-4-17-10-13-8-6-5-7-12(13)9-14(17)11-19-15(18)16(2)3/h5-8,14H,4,9-11H2,1-3H3/t14-/m0/s1. The smallest absolute Gasteiger partial charge is 0.409 e. The van der Waals surface area contributed by atoms with Crippen molar-refractivity contribution in [1.82, 2.24) is 9.80 Å². The van der Waals surface area contributed by atoms with Crippen molar-refractivity contribution >= 4 is 6.09 Å². The van der Waals surface area contributed by atoms with Crippen LogP contribution in [-0.4, -0.2) is 49.2 Å². The molecule has 2 rings (SSSR count). The Balaban J connectivity index is 2.02. The molecule has 0 spiro atoms.